The Balaban J connectivity index is 1.87. The van der Waals surface area contributed by atoms with Crippen LogP contribution in [0, 0.1) is 0 Å². The van der Waals surface area contributed by atoms with Crippen LogP contribution in [0.25, 0.3) is 17.3 Å². The van der Waals surface area contributed by atoms with Crippen molar-refractivity contribution in [2.24, 2.45) is 5.73 Å². The zero-order valence-electron chi connectivity index (χ0n) is 13.5. The van der Waals surface area contributed by atoms with Crippen LogP contribution >= 0.6 is 0 Å². The summed E-state index contributed by atoms with van der Waals surface area (Å²) in [4.78, 5) is 8.30. The molecule has 0 amide bonds. The van der Waals surface area contributed by atoms with Gasteiger partial charge in [-0.1, -0.05) is 30.3 Å². The first-order valence-electron chi connectivity index (χ1n) is 7.71. The van der Waals surface area contributed by atoms with Gasteiger partial charge in [-0.2, -0.15) is 13.2 Å². The maximum Gasteiger partial charge on any atom is 0.416 e. The first kappa shape index (κ1) is 17.5. The molecule has 0 atom stereocenters. The van der Waals surface area contributed by atoms with Crippen molar-refractivity contribution in [2.45, 2.75) is 6.18 Å². The van der Waals surface area contributed by atoms with E-state index in [4.69, 9.17) is 5.73 Å². The molecular weight excluding hydrogens is 341 g/mol. The van der Waals surface area contributed by atoms with Gasteiger partial charge >= 0.3 is 6.18 Å². The first-order chi connectivity index (χ1) is 12.5. The summed E-state index contributed by atoms with van der Waals surface area (Å²) < 4.78 is 38.0. The number of aromatic nitrogens is 2. The molecule has 0 saturated carbocycles. The number of nitrogens with one attached hydrogen (secondary N) is 1. The van der Waals surface area contributed by atoms with Gasteiger partial charge in [-0.25, -0.2) is 9.97 Å². The highest BCUT2D eigenvalue weighted by atomic mass is 19.4. The molecule has 4 nitrogen and oxygen atoms in total. The smallest absolute Gasteiger partial charge is 0.405 e. The number of alkyl halides is 3. The van der Waals surface area contributed by atoms with E-state index in [1.807, 2.05) is 24.3 Å². The van der Waals surface area contributed by atoms with Crippen LogP contribution in [0.3, 0.4) is 0 Å². The summed E-state index contributed by atoms with van der Waals surface area (Å²) in [5.41, 5.74) is 7.52. The molecule has 0 fully saturated rings. The number of hydrogen-bond acceptors (Lipinski definition) is 4. The van der Waals surface area contributed by atoms with Crippen LogP contribution in [0.2, 0.25) is 0 Å². The molecule has 132 valence electrons. The third kappa shape index (κ3) is 4.00. The number of halogens is 3. The Hall–Kier alpha value is -3.35. The van der Waals surface area contributed by atoms with Crippen molar-refractivity contribution < 1.29 is 13.2 Å². The third-order valence-electron chi connectivity index (χ3n) is 3.67. The lowest BCUT2D eigenvalue weighted by Gasteiger charge is -2.10. The highest BCUT2D eigenvalue weighted by Gasteiger charge is 2.30. The number of nitrogens with two attached hydrogens (primary N) is 1. The Labute approximate surface area is 148 Å². The van der Waals surface area contributed by atoms with Crippen molar-refractivity contribution in [2.75, 3.05) is 5.32 Å². The van der Waals surface area contributed by atoms with Crippen LogP contribution in [-0.2, 0) is 6.18 Å². The largest absolute Gasteiger partial charge is 0.416 e. The minimum absolute atomic E-state index is 0.517. The molecule has 2 aromatic carbocycles. The lowest BCUT2D eigenvalue weighted by Crippen LogP contribution is -2.04. The molecule has 0 radical (unpaired) electrons. The van der Waals surface area contributed by atoms with Crippen LogP contribution in [0.1, 0.15) is 11.1 Å². The standard InChI is InChI=1S/C19H15F3N4/c20-19(21,22)15-7-5-14(6-8-15)17-11-18(25-12-24-17)26-16-4-2-1-3-13(16)9-10-23/h1-12H,23H2,(H,24,25,26)/b10-9-. The number of anilines is 2. The normalized spacial score (nSPS) is 11.7. The molecule has 3 N–H and O–H groups in total. The number of nitrogens with zero attached hydrogens (tertiary/aromatic N) is 2. The molecule has 3 aromatic rings. The SMILES string of the molecule is N/C=C\c1ccccc1Nc1cc(-c2ccc(C(F)(F)F)cc2)ncn1. The molecule has 0 aliphatic rings. The van der Waals surface area contributed by atoms with Crippen molar-refractivity contribution in [1.29, 1.82) is 0 Å². The van der Waals surface area contributed by atoms with Crippen molar-refractivity contribution in [1.82, 2.24) is 9.97 Å². The number of rotatable bonds is 4. The van der Waals surface area contributed by atoms with Gasteiger partial charge in [0.1, 0.15) is 12.1 Å². The fraction of sp³-hybridized carbons (Fsp3) is 0.0526. The predicted molar refractivity (Wildman–Crippen MR) is 95.4 cm³/mol. The van der Waals surface area contributed by atoms with E-state index in [-0.39, 0.29) is 0 Å². The van der Waals surface area contributed by atoms with Gasteiger partial charge in [-0.15, -0.1) is 0 Å². The van der Waals surface area contributed by atoms with Gasteiger partial charge in [0.25, 0.3) is 0 Å². The summed E-state index contributed by atoms with van der Waals surface area (Å²) in [6, 6.07) is 14.0. The quantitative estimate of drug-likeness (QED) is 0.702. The summed E-state index contributed by atoms with van der Waals surface area (Å²) in [6.45, 7) is 0. The van der Waals surface area contributed by atoms with E-state index in [0.717, 1.165) is 23.4 Å². The van der Waals surface area contributed by atoms with Gasteiger partial charge in [-0.3, -0.25) is 0 Å². The van der Waals surface area contributed by atoms with Gasteiger partial charge in [0.15, 0.2) is 0 Å². The van der Waals surface area contributed by atoms with Gasteiger partial charge < -0.3 is 11.1 Å². The maximum absolute atomic E-state index is 12.7. The minimum Gasteiger partial charge on any atom is -0.405 e. The zero-order chi connectivity index (χ0) is 18.6. The predicted octanol–water partition coefficient (Wildman–Crippen LogP) is 4.84. The van der Waals surface area contributed by atoms with Crippen LogP contribution in [0.15, 0.2) is 67.1 Å². The van der Waals surface area contributed by atoms with Crippen LogP contribution in [0.4, 0.5) is 24.7 Å². The van der Waals surface area contributed by atoms with E-state index < -0.39 is 11.7 Å². The van der Waals surface area contributed by atoms with Crippen molar-refractivity contribution >= 4 is 17.6 Å². The molecule has 1 heterocycles. The Morgan fingerprint density at radius 1 is 0.962 bits per heavy atom. The number of benzene rings is 2. The Morgan fingerprint density at radius 3 is 2.38 bits per heavy atom. The third-order valence-corrected chi connectivity index (χ3v) is 3.67. The topological polar surface area (TPSA) is 63.8 Å². The van der Waals surface area contributed by atoms with Gasteiger partial charge in [-0.05, 0) is 36.0 Å². The second kappa shape index (κ2) is 7.26. The molecule has 0 aliphatic carbocycles. The fourth-order valence-corrected chi connectivity index (χ4v) is 2.41. The van der Waals surface area contributed by atoms with Crippen LogP contribution in [-0.4, -0.2) is 9.97 Å². The average molecular weight is 356 g/mol. The molecule has 0 saturated heterocycles. The molecule has 0 spiro atoms. The van der Waals surface area contributed by atoms with Crippen LogP contribution < -0.4 is 11.1 Å². The van der Waals surface area contributed by atoms with E-state index >= 15 is 0 Å². The van der Waals surface area contributed by atoms with Gasteiger partial charge in [0.05, 0.1) is 11.3 Å². The molecule has 3 rings (SSSR count). The lowest BCUT2D eigenvalue weighted by atomic mass is 10.1. The van der Waals surface area contributed by atoms with Crippen molar-refractivity contribution in [3.8, 4) is 11.3 Å². The molecule has 0 aliphatic heterocycles. The summed E-state index contributed by atoms with van der Waals surface area (Å²) in [5, 5.41) is 3.17. The molecule has 7 heteroatoms. The number of para-hydroxylation sites is 1. The highest BCUT2D eigenvalue weighted by Crippen LogP contribution is 2.31. The summed E-state index contributed by atoms with van der Waals surface area (Å²) >= 11 is 0. The summed E-state index contributed by atoms with van der Waals surface area (Å²) in [7, 11) is 0. The highest BCUT2D eigenvalue weighted by molar-refractivity contribution is 5.72. The second-order valence-corrected chi connectivity index (χ2v) is 5.43. The Bertz CT molecular complexity index is 919. The molecule has 26 heavy (non-hydrogen) atoms. The molecule has 0 bridgehead atoms. The zero-order valence-corrected chi connectivity index (χ0v) is 13.5. The maximum atomic E-state index is 12.7. The van der Waals surface area contributed by atoms with E-state index in [0.29, 0.717) is 17.1 Å². The van der Waals surface area contributed by atoms with Gasteiger partial charge in [0.2, 0.25) is 0 Å². The summed E-state index contributed by atoms with van der Waals surface area (Å²) in [6.07, 6.45) is 0.183. The van der Waals surface area contributed by atoms with E-state index in [9.17, 15) is 13.2 Å². The number of hydrogen-bond donors (Lipinski definition) is 2. The first-order valence-corrected chi connectivity index (χ1v) is 7.71. The second-order valence-electron chi connectivity index (χ2n) is 5.43. The van der Waals surface area contributed by atoms with Crippen molar-refractivity contribution in [3.05, 3.63) is 78.3 Å². The lowest BCUT2D eigenvalue weighted by molar-refractivity contribution is -0.137. The molecule has 0 unspecified atom stereocenters. The monoisotopic (exact) mass is 356 g/mol. The van der Waals surface area contributed by atoms with Crippen LogP contribution in [0.5, 0.6) is 0 Å². The fourth-order valence-electron chi connectivity index (χ4n) is 2.41. The van der Waals surface area contributed by atoms with E-state index in [2.05, 4.69) is 15.3 Å². The van der Waals surface area contributed by atoms with E-state index in [1.54, 1.807) is 12.1 Å². The molecular formula is C19H15F3N4. The molecule has 1 aromatic heterocycles. The summed E-state index contributed by atoms with van der Waals surface area (Å²) in [5.74, 6) is 0.521. The van der Waals surface area contributed by atoms with Crippen molar-refractivity contribution in [3.63, 3.8) is 0 Å². The van der Waals surface area contributed by atoms with E-state index in [1.165, 1.54) is 24.7 Å². The average Bonchev–Trinajstić information content (AvgIpc) is 2.63. The Kier molecular flexibility index (Phi) is 4.88. The van der Waals surface area contributed by atoms with Gasteiger partial charge in [0, 0.05) is 17.3 Å². The minimum atomic E-state index is -4.36. The Morgan fingerprint density at radius 2 is 1.69 bits per heavy atom.